The summed E-state index contributed by atoms with van der Waals surface area (Å²) in [4.78, 5) is 4.43. The number of aliphatic hydroxyl groups is 2. The van der Waals surface area contributed by atoms with Crippen molar-refractivity contribution in [3.8, 4) is 11.4 Å². The third kappa shape index (κ3) is 2.61. The van der Waals surface area contributed by atoms with E-state index in [0.717, 1.165) is 16.7 Å². The first-order valence-electron chi connectivity index (χ1n) is 6.75. The van der Waals surface area contributed by atoms with Crippen LogP contribution in [0.4, 0.5) is 0 Å². The number of aliphatic hydroxyl groups excluding tert-OH is 2. The van der Waals surface area contributed by atoms with Crippen LogP contribution in [-0.2, 0) is 6.61 Å². The number of hydrogen-bond acceptors (Lipinski definition) is 4. The van der Waals surface area contributed by atoms with Gasteiger partial charge in [0.1, 0.15) is 24.8 Å². The zero-order valence-electron chi connectivity index (χ0n) is 11.4. The highest BCUT2D eigenvalue weighted by Crippen LogP contribution is 2.23. The molecular weight excluding hydrogens is 268 g/mol. The lowest BCUT2D eigenvalue weighted by Crippen LogP contribution is -2.03. The van der Waals surface area contributed by atoms with Crippen LogP contribution in [-0.4, -0.2) is 33.0 Å². The standard InChI is InChI=1S/C16H16N2O3/c19-9-10-21-13-7-5-12(6-8-13)18-15-4-2-1-3-14(15)17-16(18)11-20/h1-8,19-20H,9-11H2. The van der Waals surface area contributed by atoms with Gasteiger partial charge in [-0.1, -0.05) is 12.1 Å². The molecule has 0 saturated carbocycles. The zero-order chi connectivity index (χ0) is 14.7. The molecule has 1 heterocycles. The fourth-order valence-corrected chi connectivity index (χ4v) is 2.32. The van der Waals surface area contributed by atoms with Gasteiger partial charge in [0.25, 0.3) is 0 Å². The van der Waals surface area contributed by atoms with E-state index in [1.807, 2.05) is 53.1 Å². The molecule has 0 bridgehead atoms. The second-order valence-corrected chi connectivity index (χ2v) is 4.58. The lowest BCUT2D eigenvalue weighted by Gasteiger charge is -2.09. The Labute approximate surface area is 122 Å². The first-order chi connectivity index (χ1) is 10.3. The second-order valence-electron chi connectivity index (χ2n) is 4.58. The van der Waals surface area contributed by atoms with Gasteiger partial charge < -0.3 is 14.9 Å². The molecule has 0 fully saturated rings. The van der Waals surface area contributed by atoms with E-state index >= 15 is 0 Å². The molecule has 2 N–H and O–H groups in total. The molecule has 0 aliphatic rings. The number of imidazole rings is 1. The van der Waals surface area contributed by atoms with Gasteiger partial charge in [-0.25, -0.2) is 4.98 Å². The molecule has 5 heteroatoms. The van der Waals surface area contributed by atoms with Crippen LogP contribution in [0.2, 0.25) is 0 Å². The molecule has 3 aromatic rings. The second kappa shape index (κ2) is 5.95. The molecule has 5 nitrogen and oxygen atoms in total. The first kappa shape index (κ1) is 13.6. The van der Waals surface area contributed by atoms with E-state index in [0.29, 0.717) is 11.6 Å². The normalized spacial score (nSPS) is 11.0. The van der Waals surface area contributed by atoms with E-state index in [9.17, 15) is 5.11 Å². The van der Waals surface area contributed by atoms with Crippen LogP contribution >= 0.6 is 0 Å². The van der Waals surface area contributed by atoms with Crippen molar-refractivity contribution in [3.63, 3.8) is 0 Å². The number of nitrogens with zero attached hydrogens (tertiary/aromatic N) is 2. The average molecular weight is 284 g/mol. The SMILES string of the molecule is OCCOc1ccc(-n2c(CO)nc3ccccc32)cc1. The summed E-state index contributed by atoms with van der Waals surface area (Å²) >= 11 is 0. The molecule has 21 heavy (non-hydrogen) atoms. The fourth-order valence-electron chi connectivity index (χ4n) is 2.32. The molecule has 108 valence electrons. The molecule has 0 unspecified atom stereocenters. The molecular formula is C16H16N2O3. The third-order valence-corrected chi connectivity index (χ3v) is 3.23. The summed E-state index contributed by atoms with van der Waals surface area (Å²) in [5.41, 5.74) is 2.71. The Kier molecular flexibility index (Phi) is 3.85. The van der Waals surface area contributed by atoms with Gasteiger partial charge in [-0.05, 0) is 36.4 Å². The Balaban J connectivity index is 2.03. The Morgan fingerprint density at radius 1 is 1.00 bits per heavy atom. The van der Waals surface area contributed by atoms with Crippen molar-refractivity contribution in [3.05, 3.63) is 54.4 Å². The van der Waals surface area contributed by atoms with E-state index in [2.05, 4.69) is 4.98 Å². The fraction of sp³-hybridized carbons (Fsp3) is 0.188. The topological polar surface area (TPSA) is 67.5 Å². The van der Waals surface area contributed by atoms with Gasteiger partial charge in [0.05, 0.1) is 17.6 Å². The molecule has 0 spiro atoms. The maximum atomic E-state index is 9.52. The van der Waals surface area contributed by atoms with Crippen molar-refractivity contribution < 1.29 is 14.9 Å². The molecule has 3 rings (SSSR count). The Morgan fingerprint density at radius 2 is 1.76 bits per heavy atom. The maximum Gasteiger partial charge on any atom is 0.140 e. The number of fused-ring (bicyclic) bond motifs is 1. The monoisotopic (exact) mass is 284 g/mol. The average Bonchev–Trinajstić information content (AvgIpc) is 2.92. The highest BCUT2D eigenvalue weighted by molar-refractivity contribution is 5.78. The number of aromatic nitrogens is 2. The van der Waals surface area contributed by atoms with Crippen LogP contribution in [0.25, 0.3) is 16.7 Å². The van der Waals surface area contributed by atoms with Crippen LogP contribution in [0.3, 0.4) is 0 Å². The van der Waals surface area contributed by atoms with Gasteiger partial charge in [-0.3, -0.25) is 4.57 Å². The molecule has 0 amide bonds. The minimum absolute atomic E-state index is 0.0113. The number of rotatable bonds is 5. The molecule has 0 radical (unpaired) electrons. The van der Waals surface area contributed by atoms with Gasteiger partial charge in [0, 0.05) is 5.69 Å². The first-order valence-corrected chi connectivity index (χ1v) is 6.75. The Hall–Kier alpha value is -2.37. The highest BCUT2D eigenvalue weighted by atomic mass is 16.5. The van der Waals surface area contributed by atoms with Crippen molar-refractivity contribution in [1.29, 1.82) is 0 Å². The lowest BCUT2D eigenvalue weighted by molar-refractivity contribution is 0.201. The third-order valence-electron chi connectivity index (χ3n) is 3.23. The highest BCUT2D eigenvalue weighted by Gasteiger charge is 2.11. The predicted molar refractivity (Wildman–Crippen MR) is 79.6 cm³/mol. The number of ether oxygens (including phenoxy) is 1. The smallest absolute Gasteiger partial charge is 0.140 e. The van der Waals surface area contributed by atoms with Crippen molar-refractivity contribution >= 4 is 11.0 Å². The van der Waals surface area contributed by atoms with Gasteiger partial charge in [0.15, 0.2) is 0 Å². The summed E-state index contributed by atoms with van der Waals surface area (Å²) < 4.78 is 7.27. The number of para-hydroxylation sites is 2. The van der Waals surface area contributed by atoms with Crippen molar-refractivity contribution in [2.75, 3.05) is 13.2 Å². The van der Waals surface area contributed by atoms with Gasteiger partial charge in [-0.15, -0.1) is 0 Å². The molecule has 0 aliphatic heterocycles. The predicted octanol–water partition coefficient (Wildman–Crippen LogP) is 1.89. The lowest BCUT2D eigenvalue weighted by atomic mass is 10.2. The summed E-state index contributed by atoms with van der Waals surface area (Å²) in [6, 6.07) is 15.2. The minimum atomic E-state index is -0.128. The van der Waals surface area contributed by atoms with E-state index < -0.39 is 0 Å². The van der Waals surface area contributed by atoms with Gasteiger partial charge in [0.2, 0.25) is 0 Å². The summed E-state index contributed by atoms with van der Waals surface area (Å²) in [5, 5.41) is 18.3. The molecule has 0 saturated heterocycles. The summed E-state index contributed by atoms with van der Waals surface area (Å²) in [6.07, 6.45) is 0. The largest absolute Gasteiger partial charge is 0.491 e. The van der Waals surface area contributed by atoms with E-state index in [-0.39, 0.29) is 19.8 Å². The quantitative estimate of drug-likeness (QED) is 0.751. The number of benzene rings is 2. The maximum absolute atomic E-state index is 9.52. The molecule has 1 aromatic heterocycles. The van der Waals surface area contributed by atoms with Crippen LogP contribution in [0.15, 0.2) is 48.5 Å². The summed E-state index contributed by atoms with van der Waals surface area (Å²) in [5.74, 6) is 1.29. The molecule has 0 atom stereocenters. The zero-order valence-corrected chi connectivity index (χ0v) is 11.4. The van der Waals surface area contributed by atoms with Crippen LogP contribution in [0.1, 0.15) is 5.82 Å². The number of hydrogen-bond donors (Lipinski definition) is 2. The van der Waals surface area contributed by atoms with E-state index in [1.54, 1.807) is 0 Å². The van der Waals surface area contributed by atoms with E-state index in [1.165, 1.54) is 0 Å². The Morgan fingerprint density at radius 3 is 2.48 bits per heavy atom. The van der Waals surface area contributed by atoms with Crippen LogP contribution in [0.5, 0.6) is 5.75 Å². The molecule has 0 aliphatic carbocycles. The van der Waals surface area contributed by atoms with Crippen molar-refractivity contribution in [2.24, 2.45) is 0 Å². The minimum Gasteiger partial charge on any atom is -0.491 e. The summed E-state index contributed by atoms with van der Waals surface area (Å²) in [7, 11) is 0. The molecule has 2 aromatic carbocycles. The van der Waals surface area contributed by atoms with Crippen LogP contribution in [0, 0.1) is 0 Å². The Bertz CT molecular complexity index is 735. The van der Waals surface area contributed by atoms with Crippen LogP contribution < -0.4 is 4.74 Å². The van der Waals surface area contributed by atoms with Crippen molar-refractivity contribution in [1.82, 2.24) is 9.55 Å². The van der Waals surface area contributed by atoms with E-state index in [4.69, 9.17) is 9.84 Å². The van der Waals surface area contributed by atoms with Gasteiger partial charge in [-0.2, -0.15) is 0 Å². The van der Waals surface area contributed by atoms with Crippen molar-refractivity contribution in [2.45, 2.75) is 6.61 Å². The van der Waals surface area contributed by atoms with Gasteiger partial charge >= 0.3 is 0 Å². The summed E-state index contributed by atoms with van der Waals surface area (Å²) in [6.45, 7) is 0.134.